The fraction of sp³-hybridized carbons (Fsp3) is 0.333. The monoisotopic (exact) mass is 252 g/mol. The lowest BCUT2D eigenvalue weighted by molar-refractivity contribution is 0.970. The third-order valence-corrected chi connectivity index (χ3v) is 2.99. The highest BCUT2D eigenvalue weighted by Gasteiger charge is 1.99. The van der Waals surface area contributed by atoms with Crippen molar-refractivity contribution in [3.05, 3.63) is 20.6 Å². The number of nitrogens with zero attached hydrogens (tertiary/aromatic N) is 1. The van der Waals surface area contributed by atoms with Crippen molar-refractivity contribution in [3.8, 4) is 0 Å². The smallest absolute Gasteiger partial charge is 0.144 e. The Balaban J connectivity index is 3.32. The second-order valence-electron chi connectivity index (χ2n) is 2.06. The SMILES string of the molecule is Cc1[nH]c(CCl)nc(=S)c1Br. The van der Waals surface area contributed by atoms with E-state index in [2.05, 4.69) is 25.9 Å². The molecule has 60 valence electrons. The maximum Gasteiger partial charge on any atom is 0.144 e. The molecule has 1 aromatic heterocycles. The summed E-state index contributed by atoms with van der Waals surface area (Å²) >= 11 is 13.8. The van der Waals surface area contributed by atoms with E-state index in [0.29, 0.717) is 16.3 Å². The largest absolute Gasteiger partial charge is 0.345 e. The summed E-state index contributed by atoms with van der Waals surface area (Å²) in [5.41, 5.74) is 0.959. The molecule has 0 atom stereocenters. The second-order valence-corrected chi connectivity index (χ2v) is 3.51. The number of aromatic nitrogens is 2. The summed E-state index contributed by atoms with van der Waals surface area (Å²) < 4.78 is 1.39. The minimum absolute atomic E-state index is 0.359. The van der Waals surface area contributed by atoms with Gasteiger partial charge in [0, 0.05) is 5.69 Å². The summed E-state index contributed by atoms with van der Waals surface area (Å²) in [5, 5.41) is 0. The number of rotatable bonds is 1. The van der Waals surface area contributed by atoms with E-state index >= 15 is 0 Å². The Hall–Kier alpha value is 0.0700. The molecule has 0 aromatic carbocycles. The van der Waals surface area contributed by atoms with Gasteiger partial charge in [0.25, 0.3) is 0 Å². The lowest BCUT2D eigenvalue weighted by atomic mass is 10.4. The van der Waals surface area contributed by atoms with Crippen molar-refractivity contribution in [3.63, 3.8) is 0 Å². The van der Waals surface area contributed by atoms with Crippen LogP contribution in [-0.4, -0.2) is 9.97 Å². The van der Waals surface area contributed by atoms with E-state index in [1.165, 1.54) is 0 Å². The number of hydrogen-bond acceptors (Lipinski definition) is 2. The summed E-state index contributed by atoms with van der Waals surface area (Å²) in [6.45, 7) is 1.91. The fourth-order valence-corrected chi connectivity index (χ4v) is 1.27. The van der Waals surface area contributed by atoms with Crippen LogP contribution < -0.4 is 0 Å². The van der Waals surface area contributed by atoms with Crippen molar-refractivity contribution >= 4 is 39.7 Å². The molecule has 0 aliphatic rings. The lowest BCUT2D eigenvalue weighted by Crippen LogP contribution is -1.95. The summed E-state index contributed by atoms with van der Waals surface area (Å²) in [4.78, 5) is 7.04. The number of halogens is 2. The number of aromatic amines is 1. The number of nitrogens with one attached hydrogen (secondary N) is 1. The lowest BCUT2D eigenvalue weighted by Gasteiger charge is -2.00. The molecular weight excluding hydrogens is 248 g/mol. The van der Waals surface area contributed by atoms with Crippen molar-refractivity contribution in [2.24, 2.45) is 0 Å². The average Bonchev–Trinajstić information content (AvgIpc) is 1.99. The Kier molecular flexibility index (Phi) is 3.04. The predicted molar refractivity (Wildman–Crippen MR) is 51.4 cm³/mol. The van der Waals surface area contributed by atoms with Crippen molar-refractivity contribution < 1.29 is 0 Å². The van der Waals surface area contributed by atoms with E-state index in [-0.39, 0.29) is 0 Å². The molecule has 0 aliphatic carbocycles. The van der Waals surface area contributed by atoms with E-state index in [0.717, 1.165) is 10.2 Å². The highest BCUT2D eigenvalue weighted by atomic mass is 79.9. The van der Waals surface area contributed by atoms with Crippen LogP contribution in [0.2, 0.25) is 0 Å². The van der Waals surface area contributed by atoms with Crippen LogP contribution in [0.4, 0.5) is 0 Å². The zero-order valence-electron chi connectivity index (χ0n) is 5.82. The molecule has 0 aliphatic heterocycles. The minimum atomic E-state index is 0.359. The molecule has 0 radical (unpaired) electrons. The summed E-state index contributed by atoms with van der Waals surface area (Å²) in [7, 11) is 0. The van der Waals surface area contributed by atoms with Gasteiger partial charge in [0.2, 0.25) is 0 Å². The molecule has 0 spiro atoms. The van der Waals surface area contributed by atoms with Gasteiger partial charge in [0.1, 0.15) is 10.5 Å². The van der Waals surface area contributed by atoms with Crippen molar-refractivity contribution in [2.45, 2.75) is 12.8 Å². The van der Waals surface area contributed by atoms with Crippen LogP contribution in [0.5, 0.6) is 0 Å². The molecule has 0 amide bonds. The summed E-state index contributed by atoms with van der Waals surface area (Å²) in [6, 6.07) is 0. The van der Waals surface area contributed by atoms with Gasteiger partial charge < -0.3 is 4.98 Å². The molecule has 0 saturated heterocycles. The van der Waals surface area contributed by atoms with E-state index in [1.807, 2.05) is 6.92 Å². The van der Waals surface area contributed by atoms with Crippen LogP contribution in [0.1, 0.15) is 11.5 Å². The molecule has 5 heteroatoms. The van der Waals surface area contributed by atoms with Gasteiger partial charge in [-0.25, -0.2) is 4.98 Å². The third kappa shape index (κ3) is 2.01. The molecule has 0 fully saturated rings. The van der Waals surface area contributed by atoms with Gasteiger partial charge in [-0.2, -0.15) is 0 Å². The first-order valence-corrected chi connectivity index (χ1v) is 4.70. The number of H-pyrrole nitrogens is 1. The molecule has 0 bridgehead atoms. The van der Waals surface area contributed by atoms with E-state index in [9.17, 15) is 0 Å². The van der Waals surface area contributed by atoms with Gasteiger partial charge in [-0.3, -0.25) is 0 Å². The molecule has 11 heavy (non-hydrogen) atoms. The van der Waals surface area contributed by atoms with Crippen molar-refractivity contribution in [1.82, 2.24) is 9.97 Å². The third-order valence-electron chi connectivity index (χ3n) is 1.21. The van der Waals surface area contributed by atoms with Gasteiger partial charge in [-0.1, -0.05) is 12.2 Å². The maximum atomic E-state index is 5.57. The van der Waals surface area contributed by atoms with Gasteiger partial charge >= 0.3 is 0 Å². The summed E-state index contributed by atoms with van der Waals surface area (Å²) in [5.74, 6) is 1.06. The standard InChI is InChI=1S/C6H6BrClN2S/c1-3-5(7)6(11)10-4(2-8)9-3/h2H2,1H3,(H,9,10,11). The Morgan fingerprint density at radius 3 is 2.82 bits per heavy atom. The van der Waals surface area contributed by atoms with E-state index in [4.69, 9.17) is 23.8 Å². The minimum Gasteiger partial charge on any atom is -0.345 e. The maximum absolute atomic E-state index is 5.57. The molecule has 1 aromatic rings. The van der Waals surface area contributed by atoms with Crippen LogP contribution >= 0.6 is 39.7 Å². The zero-order valence-corrected chi connectivity index (χ0v) is 8.98. The average molecular weight is 254 g/mol. The van der Waals surface area contributed by atoms with Crippen LogP contribution in [-0.2, 0) is 5.88 Å². The summed E-state index contributed by atoms with van der Waals surface area (Å²) in [6.07, 6.45) is 0. The number of alkyl halides is 1. The van der Waals surface area contributed by atoms with Crippen LogP contribution in [0.25, 0.3) is 0 Å². The van der Waals surface area contributed by atoms with Gasteiger partial charge in [0.05, 0.1) is 10.4 Å². The first-order chi connectivity index (χ1) is 5.15. The first-order valence-electron chi connectivity index (χ1n) is 2.96. The van der Waals surface area contributed by atoms with Crippen LogP contribution in [0, 0.1) is 11.6 Å². The molecule has 1 N–H and O–H groups in total. The fourth-order valence-electron chi connectivity index (χ4n) is 0.695. The zero-order chi connectivity index (χ0) is 8.43. The number of hydrogen-bond donors (Lipinski definition) is 1. The predicted octanol–water partition coefficient (Wildman–Crippen LogP) is 2.95. The highest BCUT2D eigenvalue weighted by Crippen LogP contribution is 2.14. The van der Waals surface area contributed by atoms with Gasteiger partial charge in [0.15, 0.2) is 0 Å². The van der Waals surface area contributed by atoms with Crippen LogP contribution in [0.3, 0.4) is 0 Å². The second kappa shape index (κ2) is 3.65. The van der Waals surface area contributed by atoms with Crippen molar-refractivity contribution in [1.29, 1.82) is 0 Å². The Bertz CT molecular complexity index is 323. The number of aryl methyl sites for hydroxylation is 1. The molecule has 0 unspecified atom stereocenters. The van der Waals surface area contributed by atoms with Gasteiger partial charge in [-0.05, 0) is 22.9 Å². The quantitative estimate of drug-likeness (QED) is 0.616. The van der Waals surface area contributed by atoms with E-state index < -0.39 is 0 Å². The Morgan fingerprint density at radius 1 is 1.73 bits per heavy atom. The normalized spacial score (nSPS) is 10.1. The first kappa shape index (κ1) is 9.16. The van der Waals surface area contributed by atoms with Gasteiger partial charge in [-0.15, -0.1) is 11.6 Å². The highest BCUT2D eigenvalue weighted by molar-refractivity contribution is 9.10. The molecule has 1 heterocycles. The van der Waals surface area contributed by atoms with Crippen LogP contribution in [0.15, 0.2) is 4.47 Å². The van der Waals surface area contributed by atoms with Crippen molar-refractivity contribution in [2.75, 3.05) is 0 Å². The topological polar surface area (TPSA) is 28.7 Å². The molecule has 0 saturated carbocycles. The van der Waals surface area contributed by atoms with E-state index in [1.54, 1.807) is 0 Å². The Morgan fingerprint density at radius 2 is 2.36 bits per heavy atom. The molecular formula is C6H6BrClN2S. The Labute approximate surface area is 83.1 Å². The molecule has 1 rings (SSSR count). The molecule has 2 nitrogen and oxygen atoms in total.